The summed E-state index contributed by atoms with van der Waals surface area (Å²) in [6.45, 7) is 9.91. The number of hydrogen-bond acceptors (Lipinski definition) is 4. The molecule has 0 aromatic carbocycles. The molecule has 8 heteroatoms. The van der Waals surface area contributed by atoms with Crippen molar-refractivity contribution in [2.75, 3.05) is 26.7 Å². The molecule has 0 bridgehead atoms. The third kappa shape index (κ3) is 10.8. The van der Waals surface area contributed by atoms with E-state index in [1.807, 2.05) is 45.9 Å². The van der Waals surface area contributed by atoms with Gasteiger partial charge >= 0.3 is 6.09 Å². The minimum absolute atomic E-state index is 0. The van der Waals surface area contributed by atoms with Crippen LogP contribution < -0.4 is 10.6 Å². The maximum Gasteiger partial charge on any atom is 0.410 e. The molecular formula is C17H30IN5O2. The molecule has 7 nitrogen and oxygen atoms in total. The second kappa shape index (κ2) is 11.9. The number of likely N-dealkylation sites (N-methyl/N-ethyl adjacent to an activating group) is 1. The summed E-state index contributed by atoms with van der Waals surface area (Å²) in [7, 11) is 1.72. The number of guanidine groups is 1. The third-order valence-electron chi connectivity index (χ3n) is 2.91. The number of carbonyl (C=O) groups excluding carboxylic acids is 1. The zero-order valence-corrected chi connectivity index (χ0v) is 18.0. The summed E-state index contributed by atoms with van der Waals surface area (Å²) in [4.78, 5) is 22.2. The topological polar surface area (TPSA) is 78.9 Å². The Labute approximate surface area is 167 Å². The normalized spacial score (nSPS) is 11.3. The van der Waals surface area contributed by atoms with Gasteiger partial charge in [0.15, 0.2) is 5.96 Å². The van der Waals surface area contributed by atoms with Crippen LogP contribution in [-0.4, -0.2) is 54.2 Å². The molecule has 1 aromatic heterocycles. The van der Waals surface area contributed by atoms with Crippen molar-refractivity contribution in [3.63, 3.8) is 0 Å². The highest BCUT2D eigenvalue weighted by atomic mass is 127. The van der Waals surface area contributed by atoms with Gasteiger partial charge in [0, 0.05) is 32.9 Å². The zero-order valence-electron chi connectivity index (χ0n) is 15.7. The Morgan fingerprint density at radius 3 is 2.60 bits per heavy atom. The summed E-state index contributed by atoms with van der Waals surface area (Å²) in [6, 6.07) is 5.75. The van der Waals surface area contributed by atoms with Gasteiger partial charge < -0.3 is 20.3 Å². The summed E-state index contributed by atoms with van der Waals surface area (Å²) in [5.74, 6) is 0.695. The van der Waals surface area contributed by atoms with Gasteiger partial charge in [-0.1, -0.05) is 6.07 Å². The monoisotopic (exact) mass is 463 g/mol. The average molecular weight is 463 g/mol. The fourth-order valence-electron chi connectivity index (χ4n) is 1.77. The highest BCUT2D eigenvalue weighted by molar-refractivity contribution is 14.0. The standard InChI is InChI=1S/C17H29N5O2.HI/c1-6-18-15(21-13-14-9-7-8-10-19-14)20-11-12-22(5)16(23)24-17(2,3)4;/h7-10H,6,11-13H2,1-5H3,(H2,18,20,21);1H. The van der Waals surface area contributed by atoms with Gasteiger partial charge in [-0.25, -0.2) is 9.79 Å². The summed E-state index contributed by atoms with van der Waals surface area (Å²) in [5.41, 5.74) is 0.415. The molecule has 1 amide bonds. The van der Waals surface area contributed by atoms with Crippen LogP contribution in [0.3, 0.4) is 0 Å². The van der Waals surface area contributed by atoms with E-state index in [9.17, 15) is 4.79 Å². The molecule has 0 aliphatic carbocycles. The maximum atomic E-state index is 11.9. The van der Waals surface area contributed by atoms with E-state index < -0.39 is 5.60 Å². The van der Waals surface area contributed by atoms with Gasteiger partial charge in [-0.2, -0.15) is 0 Å². The Kier molecular flexibility index (Phi) is 11.1. The van der Waals surface area contributed by atoms with Crippen molar-refractivity contribution < 1.29 is 9.53 Å². The van der Waals surface area contributed by atoms with Crippen molar-refractivity contribution >= 4 is 36.0 Å². The Hall–Kier alpha value is -1.58. The van der Waals surface area contributed by atoms with Crippen LogP contribution in [-0.2, 0) is 11.3 Å². The summed E-state index contributed by atoms with van der Waals surface area (Å²) in [6.07, 6.45) is 1.42. The number of carbonyl (C=O) groups is 1. The minimum Gasteiger partial charge on any atom is -0.444 e. The van der Waals surface area contributed by atoms with Crippen LogP contribution in [0.15, 0.2) is 29.4 Å². The van der Waals surface area contributed by atoms with E-state index >= 15 is 0 Å². The first-order chi connectivity index (χ1) is 11.3. The lowest BCUT2D eigenvalue weighted by atomic mass is 10.2. The van der Waals surface area contributed by atoms with Crippen molar-refractivity contribution in [2.24, 2.45) is 4.99 Å². The molecule has 25 heavy (non-hydrogen) atoms. The van der Waals surface area contributed by atoms with Crippen LogP contribution >= 0.6 is 24.0 Å². The van der Waals surface area contributed by atoms with Crippen LogP contribution in [0.5, 0.6) is 0 Å². The zero-order chi connectivity index (χ0) is 18.0. The fraction of sp³-hybridized carbons (Fsp3) is 0.588. The van der Waals surface area contributed by atoms with Gasteiger partial charge in [-0.3, -0.25) is 4.98 Å². The Morgan fingerprint density at radius 1 is 1.32 bits per heavy atom. The number of pyridine rings is 1. The number of halogens is 1. The second-order valence-electron chi connectivity index (χ2n) is 6.34. The first-order valence-electron chi connectivity index (χ1n) is 8.18. The maximum absolute atomic E-state index is 11.9. The molecule has 0 saturated heterocycles. The van der Waals surface area contributed by atoms with Crippen molar-refractivity contribution in [1.82, 2.24) is 20.5 Å². The number of nitrogens with zero attached hydrogens (tertiary/aromatic N) is 3. The summed E-state index contributed by atoms with van der Waals surface area (Å²) < 4.78 is 5.31. The highest BCUT2D eigenvalue weighted by Gasteiger charge is 2.19. The van der Waals surface area contributed by atoms with E-state index in [0.29, 0.717) is 25.6 Å². The van der Waals surface area contributed by atoms with Crippen molar-refractivity contribution in [3.05, 3.63) is 30.1 Å². The van der Waals surface area contributed by atoms with Crippen LogP contribution in [0, 0.1) is 0 Å². The largest absolute Gasteiger partial charge is 0.444 e. The predicted octanol–water partition coefficient (Wildman–Crippen LogP) is 2.62. The number of aromatic nitrogens is 1. The van der Waals surface area contributed by atoms with E-state index in [1.54, 1.807) is 18.1 Å². The quantitative estimate of drug-likeness (QED) is 0.385. The molecule has 1 heterocycles. The molecule has 0 unspecified atom stereocenters. The molecular weight excluding hydrogens is 433 g/mol. The molecule has 0 aliphatic rings. The molecule has 2 N–H and O–H groups in total. The molecule has 0 spiro atoms. The molecule has 0 saturated carbocycles. The molecule has 142 valence electrons. The van der Waals surface area contributed by atoms with Crippen LogP contribution in [0.25, 0.3) is 0 Å². The van der Waals surface area contributed by atoms with Crippen LogP contribution in [0.2, 0.25) is 0 Å². The number of nitrogens with one attached hydrogen (secondary N) is 2. The SMILES string of the molecule is CCNC(=NCc1ccccn1)NCCN(C)C(=O)OC(C)(C)C.I. The Bertz CT molecular complexity index is 532. The van der Waals surface area contributed by atoms with Crippen molar-refractivity contribution in [1.29, 1.82) is 0 Å². The second-order valence-corrected chi connectivity index (χ2v) is 6.34. The van der Waals surface area contributed by atoms with E-state index in [4.69, 9.17) is 4.74 Å². The van der Waals surface area contributed by atoms with Crippen LogP contribution in [0.4, 0.5) is 4.79 Å². The molecule has 1 aromatic rings. The molecule has 0 fully saturated rings. The van der Waals surface area contributed by atoms with Gasteiger partial charge in [-0.05, 0) is 39.8 Å². The van der Waals surface area contributed by atoms with Gasteiger partial charge in [0.05, 0.1) is 12.2 Å². The average Bonchev–Trinajstić information content (AvgIpc) is 2.51. The number of hydrogen-bond donors (Lipinski definition) is 2. The van der Waals surface area contributed by atoms with E-state index in [0.717, 1.165) is 12.2 Å². The minimum atomic E-state index is -0.488. The number of ether oxygens (including phenoxy) is 1. The molecule has 0 radical (unpaired) electrons. The van der Waals surface area contributed by atoms with E-state index in [1.165, 1.54) is 0 Å². The number of amides is 1. The van der Waals surface area contributed by atoms with Gasteiger partial charge in [0.1, 0.15) is 5.60 Å². The predicted molar refractivity (Wildman–Crippen MR) is 111 cm³/mol. The number of rotatable bonds is 6. The fourth-order valence-corrected chi connectivity index (χ4v) is 1.77. The van der Waals surface area contributed by atoms with Gasteiger partial charge in [-0.15, -0.1) is 24.0 Å². The van der Waals surface area contributed by atoms with E-state index in [-0.39, 0.29) is 30.1 Å². The summed E-state index contributed by atoms with van der Waals surface area (Å²) in [5, 5.41) is 6.37. The molecule has 0 atom stereocenters. The van der Waals surface area contributed by atoms with Crippen molar-refractivity contribution in [2.45, 2.75) is 39.8 Å². The highest BCUT2D eigenvalue weighted by Crippen LogP contribution is 2.08. The lowest BCUT2D eigenvalue weighted by Crippen LogP contribution is -2.43. The van der Waals surface area contributed by atoms with Gasteiger partial charge in [0.25, 0.3) is 0 Å². The van der Waals surface area contributed by atoms with E-state index in [2.05, 4.69) is 20.6 Å². The molecule has 0 aliphatic heterocycles. The lowest BCUT2D eigenvalue weighted by molar-refractivity contribution is 0.0302. The van der Waals surface area contributed by atoms with Crippen molar-refractivity contribution in [3.8, 4) is 0 Å². The smallest absolute Gasteiger partial charge is 0.410 e. The Morgan fingerprint density at radius 2 is 2.04 bits per heavy atom. The first kappa shape index (κ1) is 23.4. The lowest BCUT2D eigenvalue weighted by Gasteiger charge is -2.24. The first-order valence-corrected chi connectivity index (χ1v) is 8.18. The number of aliphatic imine (C=N–C) groups is 1. The van der Waals surface area contributed by atoms with Gasteiger partial charge in [0.2, 0.25) is 0 Å². The van der Waals surface area contributed by atoms with Crippen LogP contribution in [0.1, 0.15) is 33.4 Å². The Balaban J connectivity index is 0.00000576. The molecule has 1 rings (SSSR count). The third-order valence-corrected chi connectivity index (χ3v) is 2.91. The summed E-state index contributed by atoms with van der Waals surface area (Å²) >= 11 is 0.